The van der Waals surface area contributed by atoms with Crippen LogP contribution in [0.1, 0.15) is 31.2 Å². The van der Waals surface area contributed by atoms with Gasteiger partial charge < -0.3 is 4.90 Å². The largest absolute Gasteiger partial charge is 0.342 e. The fraction of sp³-hybridized carbons (Fsp3) is 0.381. The Morgan fingerprint density at radius 1 is 1.00 bits per heavy atom. The Hall–Kier alpha value is -2.25. The Kier molecular flexibility index (Phi) is 4.97. The quantitative estimate of drug-likeness (QED) is 0.836. The monoisotopic (exact) mass is 402 g/mol. The van der Waals surface area contributed by atoms with E-state index in [9.17, 15) is 17.6 Å². The first-order chi connectivity index (χ1) is 13.4. The first-order valence-corrected chi connectivity index (χ1v) is 11.0. The number of hydrogen-bond acceptors (Lipinski definition) is 3. The van der Waals surface area contributed by atoms with Crippen molar-refractivity contribution in [3.05, 3.63) is 66.0 Å². The van der Waals surface area contributed by atoms with Crippen LogP contribution in [0.4, 0.5) is 4.39 Å². The molecule has 2 aliphatic rings. The lowest BCUT2D eigenvalue weighted by Gasteiger charge is -2.34. The zero-order valence-electron chi connectivity index (χ0n) is 15.5. The van der Waals surface area contributed by atoms with E-state index in [0.29, 0.717) is 25.9 Å². The topological polar surface area (TPSA) is 66.5 Å². The molecular formula is C21H23FN2O3S. The maximum atomic E-state index is 13.2. The Morgan fingerprint density at radius 3 is 2.18 bits per heavy atom. The zero-order chi connectivity index (χ0) is 19.8. The summed E-state index contributed by atoms with van der Waals surface area (Å²) in [6.45, 7) is 1.04. The molecule has 1 heterocycles. The van der Waals surface area contributed by atoms with Crippen LogP contribution < -0.4 is 4.72 Å². The molecule has 1 amide bonds. The molecule has 2 aromatic carbocycles. The van der Waals surface area contributed by atoms with Crippen LogP contribution in [-0.2, 0) is 20.2 Å². The minimum absolute atomic E-state index is 0.0727. The molecule has 1 N–H and O–H groups in total. The molecule has 2 aromatic rings. The van der Waals surface area contributed by atoms with Crippen molar-refractivity contribution in [1.82, 2.24) is 9.62 Å². The van der Waals surface area contributed by atoms with E-state index in [1.54, 1.807) is 42.5 Å². The predicted octanol–water partition coefficient (Wildman–Crippen LogP) is 2.83. The molecule has 1 aliphatic heterocycles. The number of amides is 1. The Labute approximate surface area is 164 Å². The number of rotatable bonds is 5. The normalized spacial score (nSPS) is 19.4. The molecule has 0 radical (unpaired) electrons. The fourth-order valence-electron chi connectivity index (χ4n) is 3.91. The molecule has 1 saturated heterocycles. The number of sulfonamides is 1. The number of carbonyl (C=O) groups excluding carboxylic acids is 1. The SMILES string of the molecule is O=C(N1CCC(NS(=O)(=O)c2ccccc2)CC1)C1(c2ccc(F)cc2)CC1. The predicted molar refractivity (Wildman–Crippen MR) is 104 cm³/mol. The Morgan fingerprint density at radius 2 is 1.61 bits per heavy atom. The molecule has 0 bridgehead atoms. The number of piperidine rings is 1. The Balaban J connectivity index is 1.38. The number of nitrogens with zero attached hydrogens (tertiary/aromatic N) is 1. The highest BCUT2D eigenvalue weighted by molar-refractivity contribution is 7.89. The summed E-state index contributed by atoms with van der Waals surface area (Å²) < 4.78 is 40.9. The molecule has 1 aliphatic carbocycles. The van der Waals surface area contributed by atoms with Crippen molar-refractivity contribution in [2.24, 2.45) is 0 Å². The summed E-state index contributed by atoms with van der Waals surface area (Å²) in [7, 11) is -3.55. The summed E-state index contributed by atoms with van der Waals surface area (Å²) in [5.74, 6) is -0.234. The first kappa shape index (κ1) is 19.1. The summed E-state index contributed by atoms with van der Waals surface area (Å²) >= 11 is 0. The summed E-state index contributed by atoms with van der Waals surface area (Å²) in [4.78, 5) is 15.1. The minimum Gasteiger partial charge on any atom is -0.342 e. The van der Waals surface area contributed by atoms with Crippen molar-refractivity contribution in [3.8, 4) is 0 Å². The molecule has 28 heavy (non-hydrogen) atoms. The van der Waals surface area contributed by atoms with Crippen LogP contribution in [-0.4, -0.2) is 38.4 Å². The highest BCUT2D eigenvalue weighted by Gasteiger charge is 2.53. The Bertz CT molecular complexity index is 949. The molecule has 5 nitrogen and oxygen atoms in total. The molecule has 4 rings (SSSR count). The molecule has 1 saturated carbocycles. The maximum absolute atomic E-state index is 13.2. The van der Waals surface area contributed by atoms with Crippen molar-refractivity contribution < 1.29 is 17.6 Å². The first-order valence-electron chi connectivity index (χ1n) is 9.54. The number of benzene rings is 2. The van der Waals surface area contributed by atoms with Gasteiger partial charge in [0.25, 0.3) is 0 Å². The molecule has 0 atom stereocenters. The number of halogens is 1. The third-order valence-corrected chi connectivity index (χ3v) is 7.25. The summed E-state index contributed by atoms with van der Waals surface area (Å²) in [5, 5.41) is 0. The number of hydrogen-bond donors (Lipinski definition) is 1. The van der Waals surface area contributed by atoms with Gasteiger partial charge in [-0.3, -0.25) is 4.79 Å². The van der Waals surface area contributed by atoms with E-state index in [1.807, 2.05) is 4.90 Å². The fourth-order valence-corrected chi connectivity index (χ4v) is 5.24. The lowest BCUT2D eigenvalue weighted by atomic mass is 9.93. The van der Waals surface area contributed by atoms with E-state index < -0.39 is 15.4 Å². The van der Waals surface area contributed by atoms with Gasteiger partial charge in [0.2, 0.25) is 15.9 Å². The van der Waals surface area contributed by atoms with Gasteiger partial charge in [0, 0.05) is 19.1 Å². The highest BCUT2D eigenvalue weighted by atomic mass is 32.2. The van der Waals surface area contributed by atoms with Crippen LogP contribution in [0.25, 0.3) is 0 Å². The number of likely N-dealkylation sites (tertiary alicyclic amines) is 1. The van der Waals surface area contributed by atoms with Gasteiger partial charge in [-0.25, -0.2) is 17.5 Å². The molecular weight excluding hydrogens is 379 g/mol. The average molecular weight is 402 g/mol. The highest BCUT2D eigenvalue weighted by Crippen LogP contribution is 2.49. The second-order valence-electron chi connectivity index (χ2n) is 7.59. The van der Waals surface area contributed by atoms with Crippen LogP contribution in [0.5, 0.6) is 0 Å². The third kappa shape index (κ3) is 3.69. The van der Waals surface area contributed by atoms with Gasteiger partial charge in [0.15, 0.2) is 0 Å². The van der Waals surface area contributed by atoms with Gasteiger partial charge >= 0.3 is 0 Å². The van der Waals surface area contributed by atoms with Crippen molar-refractivity contribution in [2.75, 3.05) is 13.1 Å². The van der Waals surface area contributed by atoms with E-state index in [2.05, 4.69) is 4.72 Å². The van der Waals surface area contributed by atoms with Crippen LogP contribution in [0, 0.1) is 5.82 Å². The minimum atomic E-state index is -3.55. The summed E-state index contributed by atoms with van der Waals surface area (Å²) in [6, 6.07) is 14.3. The smallest absolute Gasteiger partial charge is 0.240 e. The summed E-state index contributed by atoms with van der Waals surface area (Å²) in [6.07, 6.45) is 2.71. The molecule has 0 unspecified atom stereocenters. The molecule has 7 heteroatoms. The maximum Gasteiger partial charge on any atom is 0.240 e. The van der Waals surface area contributed by atoms with Gasteiger partial charge in [0.1, 0.15) is 5.82 Å². The number of nitrogens with one attached hydrogen (secondary N) is 1. The summed E-state index contributed by atoms with van der Waals surface area (Å²) in [5.41, 5.74) is 0.343. The average Bonchev–Trinajstić information content (AvgIpc) is 3.51. The van der Waals surface area contributed by atoms with Crippen molar-refractivity contribution >= 4 is 15.9 Å². The van der Waals surface area contributed by atoms with Crippen LogP contribution in [0.3, 0.4) is 0 Å². The zero-order valence-corrected chi connectivity index (χ0v) is 16.3. The van der Waals surface area contributed by atoms with E-state index in [-0.39, 0.29) is 22.7 Å². The van der Waals surface area contributed by atoms with E-state index in [4.69, 9.17) is 0 Å². The standard InChI is InChI=1S/C21H23FN2O3S/c22-17-8-6-16(7-9-17)21(12-13-21)20(25)24-14-10-18(11-15-24)23-28(26,27)19-4-2-1-3-5-19/h1-9,18,23H,10-15H2. The van der Waals surface area contributed by atoms with Crippen molar-refractivity contribution in [2.45, 2.75) is 42.0 Å². The van der Waals surface area contributed by atoms with Crippen LogP contribution in [0.2, 0.25) is 0 Å². The number of carbonyl (C=O) groups is 1. The van der Waals surface area contributed by atoms with E-state index in [1.165, 1.54) is 12.1 Å². The second-order valence-corrected chi connectivity index (χ2v) is 9.30. The lowest BCUT2D eigenvalue weighted by Crippen LogP contribution is -2.49. The van der Waals surface area contributed by atoms with Gasteiger partial charge in [-0.1, -0.05) is 30.3 Å². The van der Waals surface area contributed by atoms with Gasteiger partial charge in [-0.15, -0.1) is 0 Å². The van der Waals surface area contributed by atoms with Crippen LogP contribution in [0.15, 0.2) is 59.5 Å². The molecule has 0 spiro atoms. The van der Waals surface area contributed by atoms with Gasteiger partial charge in [-0.2, -0.15) is 0 Å². The molecule has 0 aromatic heterocycles. The third-order valence-electron chi connectivity index (χ3n) is 5.71. The van der Waals surface area contributed by atoms with E-state index >= 15 is 0 Å². The van der Waals surface area contributed by atoms with E-state index in [0.717, 1.165) is 18.4 Å². The second kappa shape index (κ2) is 7.29. The molecule has 148 valence electrons. The lowest BCUT2D eigenvalue weighted by molar-refractivity contribution is -0.135. The van der Waals surface area contributed by atoms with Gasteiger partial charge in [-0.05, 0) is 55.5 Å². The van der Waals surface area contributed by atoms with Crippen LogP contribution >= 0.6 is 0 Å². The van der Waals surface area contributed by atoms with Gasteiger partial charge in [0.05, 0.1) is 10.3 Å². The van der Waals surface area contributed by atoms with Crippen molar-refractivity contribution in [1.29, 1.82) is 0 Å². The van der Waals surface area contributed by atoms with Crippen molar-refractivity contribution in [3.63, 3.8) is 0 Å². The molecule has 2 fully saturated rings.